The fraction of sp³-hybridized carbons (Fsp3) is 0.417. The molecule has 0 radical (unpaired) electrons. The quantitative estimate of drug-likeness (QED) is 0.853. The Labute approximate surface area is 106 Å². The summed E-state index contributed by atoms with van der Waals surface area (Å²) in [7, 11) is 1.61. The summed E-state index contributed by atoms with van der Waals surface area (Å²) >= 11 is 0. The van der Waals surface area contributed by atoms with E-state index < -0.39 is 0 Å². The van der Waals surface area contributed by atoms with E-state index in [1.807, 2.05) is 6.20 Å². The third-order valence-corrected chi connectivity index (χ3v) is 2.60. The first-order valence-corrected chi connectivity index (χ1v) is 5.84. The molecule has 2 aromatic heterocycles. The van der Waals surface area contributed by atoms with Crippen LogP contribution in [0, 0.1) is 0 Å². The topological polar surface area (TPSA) is 78.9 Å². The maximum atomic E-state index is 5.76. The molecule has 0 fully saturated rings. The predicted octanol–water partition coefficient (Wildman–Crippen LogP) is 1.01. The van der Waals surface area contributed by atoms with Gasteiger partial charge in [-0.3, -0.25) is 0 Å². The van der Waals surface area contributed by atoms with Crippen molar-refractivity contribution in [3.63, 3.8) is 0 Å². The molecule has 96 valence electrons. The van der Waals surface area contributed by atoms with Crippen LogP contribution in [-0.4, -0.2) is 26.6 Å². The summed E-state index contributed by atoms with van der Waals surface area (Å²) in [4.78, 5) is 12.8. The van der Waals surface area contributed by atoms with Gasteiger partial charge in [0.05, 0.1) is 5.69 Å². The molecule has 0 spiro atoms. The highest BCUT2D eigenvalue weighted by molar-refractivity contribution is 5.31. The van der Waals surface area contributed by atoms with Gasteiger partial charge >= 0.3 is 0 Å². The van der Waals surface area contributed by atoms with Gasteiger partial charge < -0.3 is 15.0 Å². The van der Waals surface area contributed by atoms with Gasteiger partial charge in [-0.25, -0.2) is 15.0 Å². The lowest BCUT2D eigenvalue weighted by molar-refractivity contribution is 0.177. The van der Waals surface area contributed by atoms with E-state index in [4.69, 9.17) is 10.5 Å². The zero-order chi connectivity index (χ0) is 13.0. The third-order valence-electron chi connectivity index (χ3n) is 2.60. The molecular formula is C12H17N5O. The van der Waals surface area contributed by atoms with Crippen LogP contribution in [0.25, 0.3) is 0 Å². The summed E-state index contributed by atoms with van der Waals surface area (Å²) in [6.07, 6.45) is 4.39. The Balaban J connectivity index is 2.23. The number of aromatic nitrogens is 4. The maximum Gasteiger partial charge on any atom is 0.156 e. The highest BCUT2D eigenvalue weighted by Crippen LogP contribution is 2.09. The second-order valence-electron chi connectivity index (χ2n) is 3.94. The number of anilines is 1. The molecule has 6 heteroatoms. The number of rotatable bonds is 5. The Kier molecular flexibility index (Phi) is 3.88. The van der Waals surface area contributed by atoms with Crippen molar-refractivity contribution in [2.45, 2.75) is 26.5 Å². The Morgan fingerprint density at radius 1 is 1.39 bits per heavy atom. The number of ether oxygens (including phenoxy) is 1. The summed E-state index contributed by atoms with van der Waals surface area (Å²) in [5.74, 6) is 2.03. The normalized spacial score (nSPS) is 10.8. The number of methoxy groups -OCH3 is 1. The Morgan fingerprint density at radius 3 is 2.94 bits per heavy atom. The minimum Gasteiger partial charge on any atom is -0.384 e. The molecule has 2 heterocycles. The van der Waals surface area contributed by atoms with Gasteiger partial charge in [0.15, 0.2) is 5.82 Å². The van der Waals surface area contributed by atoms with E-state index in [-0.39, 0.29) is 0 Å². The lowest BCUT2D eigenvalue weighted by Gasteiger charge is -2.06. The smallest absolute Gasteiger partial charge is 0.156 e. The zero-order valence-corrected chi connectivity index (χ0v) is 10.6. The molecule has 0 atom stereocenters. The molecule has 0 aromatic carbocycles. The molecule has 2 rings (SSSR count). The van der Waals surface area contributed by atoms with E-state index >= 15 is 0 Å². The van der Waals surface area contributed by atoms with Crippen molar-refractivity contribution in [2.75, 3.05) is 12.8 Å². The Bertz CT molecular complexity index is 523. The van der Waals surface area contributed by atoms with E-state index in [0.717, 1.165) is 18.1 Å². The maximum absolute atomic E-state index is 5.76. The SMILES string of the molecule is CCn1ccnc1Cc1cc(N)nc(COC)n1. The van der Waals surface area contributed by atoms with E-state index in [1.54, 1.807) is 19.4 Å². The van der Waals surface area contributed by atoms with Gasteiger partial charge in [0, 0.05) is 38.5 Å². The number of imidazole rings is 1. The average Bonchev–Trinajstić information content (AvgIpc) is 2.76. The molecule has 18 heavy (non-hydrogen) atoms. The lowest BCUT2D eigenvalue weighted by Crippen LogP contribution is -2.07. The monoisotopic (exact) mass is 247 g/mol. The van der Waals surface area contributed by atoms with Gasteiger partial charge in [-0.2, -0.15) is 0 Å². The summed E-state index contributed by atoms with van der Waals surface area (Å²) < 4.78 is 7.09. The highest BCUT2D eigenvalue weighted by Gasteiger charge is 2.07. The number of nitrogens with two attached hydrogens (primary N) is 1. The van der Waals surface area contributed by atoms with Crippen molar-refractivity contribution >= 4 is 5.82 Å². The van der Waals surface area contributed by atoms with Crippen LogP contribution in [0.2, 0.25) is 0 Å². The molecular weight excluding hydrogens is 230 g/mol. The van der Waals surface area contributed by atoms with Gasteiger partial charge in [-0.1, -0.05) is 0 Å². The largest absolute Gasteiger partial charge is 0.384 e. The van der Waals surface area contributed by atoms with Crippen molar-refractivity contribution in [1.29, 1.82) is 0 Å². The van der Waals surface area contributed by atoms with E-state index in [2.05, 4.69) is 26.4 Å². The van der Waals surface area contributed by atoms with Crippen LogP contribution >= 0.6 is 0 Å². The second-order valence-corrected chi connectivity index (χ2v) is 3.94. The standard InChI is InChI=1S/C12H17N5O/c1-3-17-5-4-14-12(17)7-9-6-10(13)16-11(15-9)8-18-2/h4-6H,3,7-8H2,1-2H3,(H2,13,15,16). The van der Waals surface area contributed by atoms with Crippen molar-refractivity contribution in [1.82, 2.24) is 19.5 Å². The van der Waals surface area contributed by atoms with Crippen LogP contribution in [0.1, 0.15) is 24.3 Å². The number of hydrogen-bond acceptors (Lipinski definition) is 5. The fourth-order valence-electron chi connectivity index (χ4n) is 1.82. The van der Waals surface area contributed by atoms with Gasteiger partial charge in [0.25, 0.3) is 0 Å². The molecule has 2 aromatic rings. The predicted molar refractivity (Wildman–Crippen MR) is 67.9 cm³/mol. The molecule has 2 N–H and O–H groups in total. The van der Waals surface area contributed by atoms with Crippen LogP contribution in [0.3, 0.4) is 0 Å². The summed E-state index contributed by atoms with van der Waals surface area (Å²) in [6.45, 7) is 3.33. The third kappa shape index (κ3) is 2.84. The minimum atomic E-state index is 0.361. The van der Waals surface area contributed by atoms with Gasteiger partial charge in [-0.15, -0.1) is 0 Å². The first kappa shape index (κ1) is 12.5. The molecule has 0 saturated carbocycles. The second kappa shape index (κ2) is 5.59. The summed E-state index contributed by atoms with van der Waals surface area (Å²) in [6, 6.07) is 1.77. The molecule has 0 saturated heterocycles. The highest BCUT2D eigenvalue weighted by atomic mass is 16.5. The number of nitrogen functional groups attached to an aromatic ring is 1. The average molecular weight is 247 g/mol. The first-order chi connectivity index (χ1) is 8.72. The number of hydrogen-bond donors (Lipinski definition) is 1. The van der Waals surface area contributed by atoms with Gasteiger partial charge in [0.1, 0.15) is 18.2 Å². The van der Waals surface area contributed by atoms with Gasteiger partial charge in [0.2, 0.25) is 0 Å². The summed E-state index contributed by atoms with van der Waals surface area (Å²) in [5.41, 5.74) is 6.61. The fourth-order valence-corrected chi connectivity index (χ4v) is 1.82. The zero-order valence-electron chi connectivity index (χ0n) is 10.6. The van der Waals surface area contributed by atoms with Crippen molar-refractivity contribution in [2.24, 2.45) is 0 Å². The van der Waals surface area contributed by atoms with E-state index in [0.29, 0.717) is 24.7 Å². The van der Waals surface area contributed by atoms with Crippen LogP contribution in [-0.2, 0) is 24.3 Å². The molecule has 0 amide bonds. The number of nitrogens with zero attached hydrogens (tertiary/aromatic N) is 4. The molecule has 0 aliphatic carbocycles. The van der Waals surface area contributed by atoms with Crippen molar-refractivity contribution in [3.8, 4) is 0 Å². The van der Waals surface area contributed by atoms with Crippen molar-refractivity contribution < 1.29 is 4.74 Å². The van der Waals surface area contributed by atoms with Crippen LogP contribution in [0.15, 0.2) is 18.5 Å². The van der Waals surface area contributed by atoms with Crippen LogP contribution in [0.5, 0.6) is 0 Å². The molecule has 6 nitrogen and oxygen atoms in total. The molecule has 0 bridgehead atoms. The summed E-state index contributed by atoms with van der Waals surface area (Å²) in [5, 5.41) is 0. The van der Waals surface area contributed by atoms with Crippen LogP contribution < -0.4 is 5.73 Å². The van der Waals surface area contributed by atoms with E-state index in [1.165, 1.54) is 0 Å². The van der Waals surface area contributed by atoms with E-state index in [9.17, 15) is 0 Å². The van der Waals surface area contributed by atoms with Gasteiger partial charge in [-0.05, 0) is 6.92 Å². The Morgan fingerprint density at radius 2 is 2.22 bits per heavy atom. The minimum absolute atomic E-state index is 0.361. The molecule has 0 aliphatic rings. The molecule has 0 unspecified atom stereocenters. The van der Waals surface area contributed by atoms with Crippen LogP contribution in [0.4, 0.5) is 5.82 Å². The first-order valence-electron chi connectivity index (χ1n) is 5.84. The Hall–Kier alpha value is -1.95. The molecule has 0 aliphatic heterocycles. The number of aryl methyl sites for hydroxylation is 1. The lowest BCUT2D eigenvalue weighted by atomic mass is 10.2. The van der Waals surface area contributed by atoms with Crippen molar-refractivity contribution in [3.05, 3.63) is 35.8 Å².